The van der Waals surface area contributed by atoms with Gasteiger partial charge in [-0.05, 0) is 24.6 Å². The average molecular weight is 324 g/mol. The Morgan fingerprint density at radius 2 is 2.05 bits per heavy atom. The zero-order valence-electron chi connectivity index (χ0n) is 11.6. The lowest BCUT2D eigenvalue weighted by atomic mass is 9.80. The summed E-state index contributed by atoms with van der Waals surface area (Å²) in [6.45, 7) is 6.03. The molecule has 19 heavy (non-hydrogen) atoms. The molecule has 0 aliphatic carbocycles. The van der Waals surface area contributed by atoms with Crippen molar-refractivity contribution < 1.29 is 9.90 Å². The summed E-state index contributed by atoms with van der Waals surface area (Å²) in [4.78, 5) is 11.1. The van der Waals surface area contributed by atoms with Gasteiger partial charge < -0.3 is 9.67 Å². The van der Waals surface area contributed by atoms with E-state index in [1.165, 1.54) is 0 Å². The smallest absolute Gasteiger partial charge is 0.304 e. The lowest BCUT2D eigenvalue weighted by Crippen LogP contribution is -2.22. The molecule has 0 unspecified atom stereocenters. The standard InChI is InChI=1S/C15H18BrNO2/c1-9-14(15(2,3)8-13(18)19)11-6-5-10(16)7-12(11)17(9)4/h5-7H,8H2,1-4H3,(H,18,19). The minimum Gasteiger partial charge on any atom is -0.481 e. The van der Waals surface area contributed by atoms with Crippen LogP contribution in [0.5, 0.6) is 0 Å². The summed E-state index contributed by atoms with van der Waals surface area (Å²) >= 11 is 3.48. The first-order valence-corrected chi connectivity index (χ1v) is 7.00. The number of aromatic nitrogens is 1. The van der Waals surface area contributed by atoms with Gasteiger partial charge in [-0.3, -0.25) is 4.79 Å². The molecule has 0 spiro atoms. The molecule has 0 bridgehead atoms. The lowest BCUT2D eigenvalue weighted by molar-refractivity contribution is -0.138. The van der Waals surface area contributed by atoms with Crippen LogP contribution in [0.2, 0.25) is 0 Å². The third kappa shape index (κ3) is 2.41. The minimum atomic E-state index is -0.765. The highest BCUT2D eigenvalue weighted by molar-refractivity contribution is 9.10. The van der Waals surface area contributed by atoms with Gasteiger partial charge in [0.05, 0.1) is 6.42 Å². The van der Waals surface area contributed by atoms with Gasteiger partial charge in [0, 0.05) is 33.5 Å². The highest BCUT2D eigenvalue weighted by Crippen LogP contribution is 2.38. The molecule has 1 N–H and O–H groups in total. The predicted octanol–water partition coefficient (Wildman–Crippen LogP) is 4.00. The third-order valence-electron chi connectivity index (χ3n) is 3.73. The van der Waals surface area contributed by atoms with Crippen LogP contribution in [0.1, 0.15) is 31.5 Å². The number of hydrogen-bond acceptors (Lipinski definition) is 1. The van der Waals surface area contributed by atoms with Gasteiger partial charge in [0.25, 0.3) is 0 Å². The molecule has 1 aromatic carbocycles. The maximum atomic E-state index is 11.1. The van der Waals surface area contributed by atoms with Crippen molar-refractivity contribution in [1.29, 1.82) is 0 Å². The van der Waals surface area contributed by atoms with Crippen LogP contribution in [0.3, 0.4) is 0 Å². The average Bonchev–Trinajstić information content (AvgIpc) is 2.51. The van der Waals surface area contributed by atoms with E-state index in [9.17, 15) is 4.79 Å². The normalized spacial score (nSPS) is 12.1. The molecule has 0 amide bonds. The molecular formula is C15H18BrNO2. The summed E-state index contributed by atoms with van der Waals surface area (Å²) in [5.74, 6) is -0.765. The highest BCUT2D eigenvalue weighted by Gasteiger charge is 2.30. The van der Waals surface area contributed by atoms with Crippen molar-refractivity contribution in [2.75, 3.05) is 0 Å². The molecule has 0 aliphatic rings. The summed E-state index contributed by atoms with van der Waals surface area (Å²) in [7, 11) is 2.02. The van der Waals surface area contributed by atoms with Gasteiger partial charge in [-0.1, -0.05) is 35.8 Å². The van der Waals surface area contributed by atoms with Gasteiger partial charge in [-0.15, -0.1) is 0 Å². The van der Waals surface area contributed by atoms with E-state index in [0.717, 1.165) is 26.6 Å². The molecule has 0 aliphatic heterocycles. The Morgan fingerprint density at radius 3 is 2.63 bits per heavy atom. The van der Waals surface area contributed by atoms with E-state index in [0.29, 0.717) is 0 Å². The Labute approximate surface area is 121 Å². The van der Waals surface area contributed by atoms with Crippen molar-refractivity contribution in [1.82, 2.24) is 4.57 Å². The number of nitrogens with zero attached hydrogens (tertiary/aromatic N) is 1. The van der Waals surface area contributed by atoms with E-state index in [2.05, 4.69) is 32.6 Å². The zero-order chi connectivity index (χ0) is 14.4. The van der Waals surface area contributed by atoms with Gasteiger partial charge >= 0.3 is 5.97 Å². The van der Waals surface area contributed by atoms with Crippen LogP contribution in [0.15, 0.2) is 22.7 Å². The van der Waals surface area contributed by atoms with Crippen molar-refractivity contribution in [3.05, 3.63) is 33.9 Å². The number of carboxylic acids is 1. The Bertz CT molecular complexity index is 656. The Kier molecular flexibility index (Phi) is 3.47. The quantitative estimate of drug-likeness (QED) is 0.927. The first-order chi connectivity index (χ1) is 8.74. The molecule has 0 radical (unpaired) electrons. The first-order valence-electron chi connectivity index (χ1n) is 6.21. The molecule has 102 valence electrons. The van der Waals surface area contributed by atoms with Crippen LogP contribution in [0.4, 0.5) is 0 Å². The number of benzene rings is 1. The molecule has 0 atom stereocenters. The van der Waals surface area contributed by atoms with E-state index in [4.69, 9.17) is 5.11 Å². The first kappa shape index (κ1) is 14.1. The number of fused-ring (bicyclic) bond motifs is 1. The van der Waals surface area contributed by atoms with Crippen LogP contribution in [0, 0.1) is 6.92 Å². The monoisotopic (exact) mass is 323 g/mol. The number of aryl methyl sites for hydroxylation is 1. The molecule has 1 aromatic heterocycles. The van der Waals surface area contributed by atoms with Gasteiger partial charge in [0.2, 0.25) is 0 Å². The maximum absolute atomic E-state index is 11.1. The van der Waals surface area contributed by atoms with Crippen LogP contribution in [0.25, 0.3) is 10.9 Å². The number of aliphatic carboxylic acids is 1. The summed E-state index contributed by atoms with van der Waals surface area (Å²) in [5, 5.41) is 10.2. The molecule has 0 saturated carbocycles. The third-order valence-corrected chi connectivity index (χ3v) is 4.22. The largest absolute Gasteiger partial charge is 0.481 e. The summed E-state index contributed by atoms with van der Waals surface area (Å²) < 4.78 is 3.15. The maximum Gasteiger partial charge on any atom is 0.304 e. The fourth-order valence-electron chi connectivity index (χ4n) is 2.86. The fraction of sp³-hybridized carbons (Fsp3) is 0.400. The number of carboxylic acid groups (broad SMARTS) is 1. The molecular weight excluding hydrogens is 306 g/mol. The van der Waals surface area contributed by atoms with Gasteiger partial charge in [-0.2, -0.15) is 0 Å². The molecule has 3 nitrogen and oxygen atoms in total. The second-order valence-corrected chi connectivity index (χ2v) is 6.55. The van der Waals surface area contributed by atoms with E-state index >= 15 is 0 Å². The van der Waals surface area contributed by atoms with Crippen molar-refractivity contribution >= 4 is 32.8 Å². The van der Waals surface area contributed by atoms with Crippen LogP contribution >= 0.6 is 15.9 Å². The van der Waals surface area contributed by atoms with Crippen molar-refractivity contribution in [2.45, 2.75) is 32.6 Å². The zero-order valence-corrected chi connectivity index (χ0v) is 13.2. The second kappa shape index (κ2) is 4.67. The SMILES string of the molecule is Cc1c(C(C)(C)CC(=O)O)c2ccc(Br)cc2n1C. The number of carbonyl (C=O) groups is 1. The number of halogens is 1. The van der Waals surface area contributed by atoms with Gasteiger partial charge in [-0.25, -0.2) is 0 Å². The summed E-state index contributed by atoms with van der Waals surface area (Å²) in [6, 6.07) is 6.14. The second-order valence-electron chi connectivity index (χ2n) is 5.64. The minimum absolute atomic E-state index is 0.128. The van der Waals surface area contributed by atoms with Gasteiger partial charge in [0.15, 0.2) is 0 Å². The fourth-order valence-corrected chi connectivity index (χ4v) is 3.21. The Hall–Kier alpha value is -1.29. The molecule has 2 rings (SSSR count). The van der Waals surface area contributed by atoms with E-state index in [1.54, 1.807) is 0 Å². The summed E-state index contributed by atoms with van der Waals surface area (Å²) in [5.41, 5.74) is 2.99. The molecule has 1 heterocycles. The molecule has 4 heteroatoms. The van der Waals surface area contributed by atoms with Gasteiger partial charge in [0.1, 0.15) is 0 Å². The van der Waals surface area contributed by atoms with Crippen molar-refractivity contribution in [2.24, 2.45) is 7.05 Å². The van der Waals surface area contributed by atoms with Crippen LogP contribution in [-0.4, -0.2) is 15.6 Å². The molecule has 0 saturated heterocycles. The lowest BCUT2D eigenvalue weighted by Gasteiger charge is -2.23. The Morgan fingerprint density at radius 1 is 1.42 bits per heavy atom. The van der Waals surface area contributed by atoms with E-state index < -0.39 is 5.97 Å². The molecule has 2 aromatic rings. The highest BCUT2D eigenvalue weighted by atomic mass is 79.9. The summed E-state index contributed by atoms with van der Waals surface area (Å²) in [6.07, 6.45) is 0.128. The predicted molar refractivity (Wildman–Crippen MR) is 80.6 cm³/mol. The number of rotatable bonds is 3. The number of hydrogen-bond donors (Lipinski definition) is 1. The van der Waals surface area contributed by atoms with E-state index in [1.807, 2.05) is 33.9 Å². The molecule has 0 fully saturated rings. The topological polar surface area (TPSA) is 42.2 Å². The Balaban J connectivity index is 2.73. The van der Waals surface area contributed by atoms with Crippen LogP contribution in [-0.2, 0) is 17.3 Å². The van der Waals surface area contributed by atoms with Crippen LogP contribution < -0.4 is 0 Å². The van der Waals surface area contributed by atoms with E-state index in [-0.39, 0.29) is 11.8 Å². The van der Waals surface area contributed by atoms with Crippen molar-refractivity contribution in [3.8, 4) is 0 Å². The van der Waals surface area contributed by atoms with Crippen molar-refractivity contribution in [3.63, 3.8) is 0 Å².